The molecule has 2 aromatic heterocycles. The van der Waals surface area contributed by atoms with Gasteiger partial charge in [0.15, 0.2) is 0 Å². The van der Waals surface area contributed by atoms with Crippen molar-refractivity contribution >= 4 is 22.4 Å². The first-order chi connectivity index (χ1) is 8.72. The predicted molar refractivity (Wildman–Crippen MR) is 66.6 cm³/mol. The molecule has 92 valence electrons. The van der Waals surface area contributed by atoms with Gasteiger partial charge in [-0.05, 0) is 25.8 Å². The highest BCUT2D eigenvalue weighted by molar-refractivity contribution is 7.15. The summed E-state index contributed by atoms with van der Waals surface area (Å²) in [6.45, 7) is 1.81. The summed E-state index contributed by atoms with van der Waals surface area (Å²) in [6, 6.07) is 1.74. The van der Waals surface area contributed by atoms with Gasteiger partial charge in [0, 0.05) is 17.8 Å². The Kier molecular flexibility index (Phi) is 2.75. The number of rotatable bonds is 3. The molecular formula is C11H11N5OS. The van der Waals surface area contributed by atoms with Gasteiger partial charge in [0.2, 0.25) is 11.0 Å². The topological polar surface area (TPSA) is 80.7 Å². The summed E-state index contributed by atoms with van der Waals surface area (Å²) in [5.74, 6) is 0.346. The van der Waals surface area contributed by atoms with Crippen LogP contribution in [0.2, 0.25) is 0 Å². The van der Waals surface area contributed by atoms with Gasteiger partial charge in [-0.25, -0.2) is 9.97 Å². The summed E-state index contributed by atoms with van der Waals surface area (Å²) in [4.78, 5) is 19.8. The number of anilines is 1. The Bertz CT molecular complexity index is 593. The highest BCUT2D eigenvalue weighted by Crippen LogP contribution is 2.42. The maximum absolute atomic E-state index is 11.9. The summed E-state index contributed by atoms with van der Waals surface area (Å²) in [5.41, 5.74) is 0.756. The zero-order valence-electron chi connectivity index (χ0n) is 9.75. The number of amides is 1. The van der Waals surface area contributed by atoms with Crippen molar-refractivity contribution in [2.24, 2.45) is 0 Å². The summed E-state index contributed by atoms with van der Waals surface area (Å²) >= 11 is 1.42. The van der Waals surface area contributed by atoms with Crippen molar-refractivity contribution in [2.45, 2.75) is 25.7 Å². The fraction of sp³-hybridized carbons (Fsp3) is 0.364. The molecule has 1 fully saturated rings. The van der Waals surface area contributed by atoms with Crippen molar-refractivity contribution in [2.75, 3.05) is 5.32 Å². The number of hydrogen-bond acceptors (Lipinski definition) is 6. The largest absolute Gasteiger partial charge is 0.295 e. The monoisotopic (exact) mass is 261 g/mol. The standard InChI is InChI=1S/C11H11N5OS/c1-6-4-5-12-8(13-6)9(17)14-11-16-15-10(18-11)7-2-3-7/h4-5,7H,2-3H2,1H3,(H,14,16,17). The minimum atomic E-state index is -0.350. The summed E-state index contributed by atoms with van der Waals surface area (Å²) in [5, 5.41) is 12.2. The Hall–Kier alpha value is -1.89. The molecule has 1 aliphatic carbocycles. The molecule has 1 N–H and O–H groups in total. The number of aryl methyl sites for hydroxylation is 1. The van der Waals surface area contributed by atoms with Gasteiger partial charge in [0.25, 0.3) is 5.91 Å². The third-order valence-corrected chi connectivity index (χ3v) is 3.59. The van der Waals surface area contributed by atoms with E-state index in [2.05, 4.69) is 25.5 Å². The molecule has 0 spiro atoms. The first-order valence-corrected chi connectivity index (χ1v) is 6.48. The minimum absolute atomic E-state index is 0.151. The van der Waals surface area contributed by atoms with Gasteiger partial charge >= 0.3 is 0 Å². The Labute approximate surface area is 108 Å². The fourth-order valence-electron chi connectivity index (χ4n) is 1.49. The van der Waals surface area contributed by atoms with Crippen LogP contribution in [0.3, 0.4) is 0 Å². The van der Waals surface area contributed by atoms with Crippen molar-refractivity contribution in [3.8, 4) is 0 Å². The van der Waals surface area contributed by atoms with Crippen LogP contribution in [0, 0.1) is 6.92 Å². The van der Waals surface area contributed by atoms with E-state index in [0.29, 0.717) is 11.0 Å². The minimum Gasteiger partial charge on any atom is -0.294 e. The molecule has 1 amide bonds. The maximum Gasteiger partial charge on any atom is 0.295 e. The molecule has 2 heterocycles. The number of nitrogens with zero attached hydrogens (tertiary/aromatic N) is 4. The van der Waals surface area contributed by atoms with Crippen LogP contribution in [0.15, 0.2) is 12.3 Å². The van der Waals surface area contributed by atoms with Gasteiger partial charge in [-0.2, -0.15) is 0 Å². The smallest absolute Gasteiger partial charge is 0.294 e. The lowest BCUT2D eigenvalue weighted by Crippen LogP contribution is -2.15. The van der Waals surface area contributed by atoms with Gasteiger partial charge in [-0.15, -0.1) is 10.2 Å². The molecule has 0 unspecified atom stereocenters. The van der Waals surface area contributed by atoms with Crippen LogP contribution >= 0.6 is 11.3 Å². The van der Waals surface area contributed by atoms with Crippen LogP contribution in [0.4, 0.5) is 5.13 Å². The van der Waals surface area contributed by atoms with Crippen LogP contribution in [-0.2, 0) is 0 Å². The van der Waals surface area contributed by atoms with Crippen LogP contribution in [0.5, 0.6) is 0 Å². The third kappa shape index (κ3) is 2.35. The lowest BCUT2D eigenvalue weighted by molar-refractivity contribution is 0.101. The van der Waals surface area contributed by atoms with Crippen molar-refractivity contribution in [3.05, 3.63) is 28.8 Å². The Morgan fingerprint density at radius 2 is 2.28 bits per heavy atom. The second-order valence-corrected chi connectivity index (χ2v) is 5.20. The summed E-state index contributed by atoms with van der Waals surface area (Å²) < 4.78 is 0. The molecule has 7 heteroatoms. The van der Waals surface area contributed by atoms with E-state index in [9.17, 15) is 4.79 Å². The van der Waals surface area contributed by atoms with E-state index in [1.807, 2.05) is 6.92 Å². The first kappa shape index (κ1) is 11.2. The van der Waals surface area contributed by atoms with E-state index < -0.39 is 0 Å². The lowest BCUT2D eigenvalue weighted by Gasteiger charge is -1.99. The van der Waals surface area contributed by atoms with Crippen molar-refractivity contribution in [1.82, 2.24) is 20.2 Å². The van der Waals surface area contributed by atoms with E-state index >= 15 is 0 Å². The normalized spacial score (nSPS) is 14.5. The van der Waals surface area contributed by atoms with E-state index in [-0.39, 0.29) is 11.7 Å². The second-order valence-electron chi connectivity index (χ2n) is 4.20. The molecule has 3 rings (SSSR count). The summed E-state index contributed by atoms with van der Waals surface area (Å²) in [6.07, 6.45) is 3.90. The molecule has 0 aliphatic heterocycles. The predicted octanol–water partition coefficient (Wildman–Crippen LogP) is 1.77. The molecule has 0 aromatic carbocycles. The van der Waals surface area contributed by atoms with Crippen molar-refractivity contribution in [3.63, 3.8) is 0 Å². The highest BCUT2D eigenvalue weighted by Gasteiger charge is 2.27. The van der Waals surface area contributed by atoms with E-state index in [1.54, 1.807) is 12.3 Å². The van der Waals surface area contributed by atoms with E-state index in [1.165, 1.54) is 24.2 Å². The Morgan fingerprint density at radius 3 is 3.00 bits per heavy atom. The molecule has 0 bridgehead atoms. The SMILES string of the molecule is Cc1ccnc(C(=O)Nc2nnc(C3CC3)s2)n1. The number of hydrogen-bond donors (Lipinski definition) is 1. The molecular weight excluding hydrogens is 250 g/mol. The van der Waals surface area contributed by atoms with Gasteiger partial charge in [0.1, 0.15) is 5.01 Å². The van der Waals surface area contributed by atoms with Crippen LogP contribution < -0.4 is 5.32 Å². The molecule has 2 aromatic rings. The number of nitrogens with one attached hydrogen (secondary N) is 1. The van der Waals surface area contributed by atoms with Crippen molar-refractivity contribution < 1.29 is 4.79 Å². The molecule has 18 heavy (non-hydrogen) atoms. The lowest BCUT2D eigenvalue weighted by atomic mass is 10.4. The van der Waals surface area contributed by atoms with Crippen LogP contribution in [-0.4, -0.2) is 26.1 Å². The average molecular weight is 261 g/mol. The number of carbonyl (C=O) groups excluding carboxylic acids is 1. The van der Waals surface area contributed by atoms with Gasteiger partial charge in [-0.1, -0.05) is 11.3 Å². The second kappa shape index (κ2) is 4.41. The highest BCUT2D eigenvalue weighted by atomic mass is 32.1. The van der Waals surface area contributed by atoms with Gasteiger partial charge in [0.05, 0.1) is 0 Å². The molecule has 1 aliphatic rings. The van der Waals surface area contributed by atoms with E-state index in [0.717, 1.165) is 10.7 Å². The van der Waals surface area contributed by atoms with E-state index in [4.69, 9.17) is 0 Å². The summed E-state index contributed by atoms with van der Waals surface area (Å²) in [7, 11) is 0. The zero-order valence-corrected chi connectivity index (χ0v) is 10.6. The molecule has 6 nitrogen and oxygen atoms in total. The maximum atomic E-state index is 11.9. The first-order valence-electron chi connectivity index (χ1n) is 5.67. The molecule has 0 saturated heterocycles. The van der Waals surface area contributed by atoms with Crippen LogP contribution in [0.25, 0.3) is 0 Å². The van der Waals surface area contributed by atoms with Crippen molar-refractivity contribution in [1.29, 1.82) is 0 Å². The Balaban J connectivity index is 1.73. The number of aromatic nitrogens is 4. The molecule has 0 atom stereocenters. The van der Waals surface area contributed by atoms with Crippen LogP contribution in [0.1, 0.15) is 40.1 Å². The third-order valence-electron chi connectivity index (χ3n) is 2.59. The zero-order chi connectivity index (χ0) is 12.5. The van der Waals surface area contributed by atoms with Gasteiger partial charge < -0.3 is 0 Å². The molecule has 1 saturated carbocycles. The quantitative estimate of drug-likeness (QED) is 0.910. The Morgan fingerprint density at radius 1 is 1.44 bits per heavy atom. The fourth-order valence-corrected chi connectivity index (χ4v) is 2.40. The number of carbonyl (C=O) groups is 1. The molecule has 0 radical (unpaired) electrons. The van der Waals surface area contributed by atoms with Gasteiger partial charge in [-0.3, -0.25) is 10.1 Å². The average Bonchev–Trinajstić information content (AvgIpc) is 3.11.